The molecular weight excluding hydrogens is 358 g/mol. The Hall–Kier alpha value is -3.01. The molecule has 1 aromatic heterocycles. The van der Waals surface area contributed by atoms with Crippen molar-refractivity contribution in [3.63, 3.8) is 0 Å². The number of amides is 1. The Labute approximate surface area is 173 Å². The highest BCUT2D eigenvalue weighted by atomic mass is 16.2. The maximum absolute atomic E-state index is 13.2. The molecular formula is C25H29N3O. The van der Waals surface area contributed by atoms with E-state index in [9.17, 15) is 4.79 Å². The van der Waals surface area contributed by atoms with Crippen LogP contribution in [0.1, 0.15) is 36.8 Å². The highest BCUT2D eigenvalue weighted by Gasteiger charge is 2.27. The molecule has 0 N–H and O–H groups in total. The van der Waals surface area contributed by atoms with Gasteiger partial charge in [-0.3, -0.25) is 4.79 Å². The van der Waals surface area contributed by atoms with Gasteiger partial charge in [0.25, 0.3) is 5.91 Å². The van der Waals surface area contributed by atoms with Crippen molar-refractivity contribution in [1.82, 2.24) is 9.47 Å². The quantitative estimate of drug-likeness (QED) is 0.650. The van der Waals surface area contributed by atoms with Crippen LogP contribution in [0.3, 0.4) is 0 Å². The third-order valence-corrected chi connectivity index (χ3v) is 5.62. The van der Waals surface area contributed by atoms with E-state index in [0.717, 1.165) is 37.6 Å². The first-order valence-corrected chi connectivity index (χ1v) is 10.3. The van der Waals surface area contributed by atoms with Gasteiger partial charge in [0, 0.05) is 43.8 Å². The normalized spacial score (nSPS) is 14.9. The van der Waals surface area contributed by atoms with Crippen molar-refractivity contribution in [2.45, 2.75) is 26.2 Å². The average molecular weight is 388 g/mol. The van der Waals surface area contributed by atoms with E-state index >= 15 is 0 Å². The fourth-order valence-electron chi connectivity index (χ4n) is 4.06. The third kappa shape index (κ3) is 3.93. The fraction of sp³-hybridized carbons (Fsp3) is 0.320. The van der Waals surface area contributed by atoms with Crippen LogP contribution in [0, 0.1) is 0 Å². The smallest absolute Gasteiger partial charge is 0.270 e. The molecule has 0 radical (unpaired) electrons. The first kappa shape index (κ1) is 19.3. The molecule has 2 aromatic carbocycles. The van der Waals surface area contributed by atoms with Gasteiger partial charge in [0.2, 0.25) is 0 Å². The van der Waals surface area contributed by atoms with Crippen molar-refractivity contribution in [2.24, 2.45) is 0 Å². The van der Waals surface area contributed by atoms with Crippen molar-refractivity contribution in [2.75, 3.05) is 31.1 Å². The molecule has 29 heavy (non-hydrogen) atoms. The molecule has 0 aliphatic carbocycles. The molecule has 0 saturated carbocycles. The maximum atomic E-state index is 13.2. The van der Waals surface area contributed by atoms with Gasteiger partial charge < -0.3 is 14.4 Å². The van der Waals surface area contributed by atoms with Crippen LogP contribution in [0.25, 0.3) is 5.69 Å². The second-order valence-electron chi connectivity index (χ2n) is 8.65. The minimum Gasteiger partial charge on any atom is -0.368 e. The molecule has 2 heterocycles. The Morgan fingerprint density at radius 1 is 0.793 bits per heavy atom. The first-order valence-electron chi connectivity index (χ1n) is 10.3. The maximum Gasteiger partial charge on any atom is 0.270 e. The van der Waals surface area contributed by atoms with Crippen molar-refractivity contribution in [1.29, 1.82) is 0 Å². The number of para-hydroxylation sites is 2. The summed E-state index contributed by atoms with van der Waals surface area (Å²) < 4.78 is 1.98. The zero-order valence-electron chi connectivity index (χ0n) is 17.5. The molecule has 0 unspecified atom stereocenters. The molecule has 1 fully saturated rings. The van der Waals surface area contributed by atoms with E-state index in [-0.39, 0.29) is 11.3 Å². The molecule has 150 valence electrons. The third-order valence-electron chi connectivity index (χ3n) is 5.62. The van der Waals surface area contributed by atoms with Crippen molar-refractivity contribution in [3.05, 3.63) is 84.2 Å². The lowest BCUT2D eigenvalue weighted by Crippen LogP contribution is -2.49. The van der Waals surface area contributed by atoms with Crippen molar-refractivity contribution in [3.8, 4) is 5.69 Å². The summed E-state index contributed by atoms with van der Waals surface area (Å²) in [5.41, 5.74) is 4.48. The van der Waals surface area contributed by atoms with Crippen LogP contribution in [0.15, 0.2) is 72.9 Å². The van der Waals surface area contributed by atoms with Gasteiger partial charge in [0.1, 0.15) is 5.69 Å². The highest BCUT2D eigenvalue weighted by Crippen LogP contribution is 2.32. The van der Waals surface area contributed by atoms with Gasteiger partial charge in [0.15, 0.2) is 0 Å². The summed E-state index contributed by atoms with van der Waals surface area (Å²) in [6.07, 6.45) is 1.96. The van der Waals surface area contributed by atoms with Crippen LogP contribution in [0.2, 0.25) is 0 Å². The summed E-state index contributed by atoms with van der Waals surface area (Å²) in [5, 5.41) is 0. The van der Waals surface area contributed by atoms with E-state index in [1.165, 1.54) is 11.3 Å². The van der Waals surface area contributed by atoms with Gasteiger partial charge in [-0.25, -0.2) is 0 Å². The number of nitrogens with zero attached hydrogens (tertiary/aromatic N) is 3. The number of carbonyl (C=O) groups is 1. The number of anilines is 1. The summed E-state index contributed by atoms with van der Waals surface area (Å²) in [6, 6.07) is 22.5. The second kappa shape index (κ2) is 7.78. The summed E-state index contributed by atoms with van der Waals surface area (Å²) in [4.78, 5) is 17.6. The van der Waals surface area contributed by atoms with E-state index in [4.69, 9.17) is 0 Å². The number of piperazine rings is 1. The Morgan fingerprint density at radius 2 is 1.45 bits per heavy atom. The highest BCUT2D eigenvalue weighted by molar-refractivity contribution is 5.93. The lowest BCUT2D eigenvalue weighted by molar-refractivity contribution is 0.0738. The van der Waals surface area contributed by atoms with Gasteiger partial charge in [-0.05, 0) is 41.3 Å². The topological polar surface area (TPSA) is 28.5 Å². The molecule has 1 aliphatic heterocycles. The number of benzene rings is 2. The molecule has 1 aliphatic rings. The first-order chi connectivity index (χ1) is 13.9. The van der Waals surface area contributed by atoms with Crippen molar-refractivity contribution < 1.29 is 4.79 Å². The molecule has 0 atom stereocenters. The second-order valence-corrected chi connectivity index (χ2v) is 8.65. The van der Waals surface area contributed by atoms with Crippen LogP contribution in [-0.2, 0) is 5.41 Å². The Balaban J connectivity index is 1.49. The molecule has 4 heteroatoms. The SMILES string of the molecule is CC(C)(C)c1ccccc1N1CCN(C(=O)c2cccn2-c2ccccc2)CC1. The number of hydrogen-bond acceptors (Lipinski definition) is 2. The number of aromatic nitrogens is 1. The van der Waals surface area contributed by atoms with Crippen molar-refractivity contribution >= 4 is 11.6 Å². The Morgan fingerprint density at radius 3 is 2.14 bits per heavy atom. The number of rotatable bonds is 3. The molecule has 0 bridgehead atoms. The van der Waals surface area contributed by atoms with E-state index in [2.05, 4.69) is 49.9 Å². The predicted octanol–water partition coefficient (Wildman–Crippen LogP) is 4.74. The monoisotopic (exact) mass is 387 g/mol. The molecule has 3 aromatic rings. The van der Waals surface area contributed by atoms with E-state index < -0.39 is 0 Å². The summed E-state index contributed by atoms with van der Waals surface area (Å²) in [6.45, 7) is 9.93. The Kier molecular flexibility index (Phi) is 5.18. The van der Waals surface area contributed by atoms with Gasteiger partial charge in [0.05, 0.1) is 0 Å². The molecule has 1 saturated heterocycles. The van der Waals surface area contributed by atoms with Crippen LogP contribution in [-0.4, -0.2) is 41.6 Å². The average Bonchev–Trinajstić information content (AvgIpc) is 3.23. The van der Waals surface area contributed by atoms with Crippen LogP contribution >= 0.6 is 0 Å². The van der Waals surface area contributed by atoms with Gasteiger partial charge >= 0.3 is 0 Å². The van der Waals surface area contributed by atoms with Crippen LogP contribution in [0.4, 0.5) is 5.69 Å². The Bertz CT molecular complexity index is 977. The molecule has 0 spiro atoms. The minimum absolute atomic E-state index is 0.0973. The fourth-order valence-corrected chi connectivity index (χ4v) is 4.06. The largest absolute Gasteiger partial charge is 0.368 e. The molecule has 4 rings (SSSR count). The van der Waals surface area contributed by atoms with Crippen LogP contribution in [0.5, 0.6) is 0 Å². The van der Waals surface area contributed by atoms with Gasteiger partial charge in [-0.1, -0.05) is 57.2 Å². The zero-order valence-corrected chi connectivity index (χ0v) is 17.5. The molecule has 4 nitrogen and oxygen atoms in total. The van der Waals surface area contributed by atoms with E-state index in [1.807, 2.05) is 58.1 Å². The van der Waals surface area contributed by atoms with Gasteiger partial charge in [-0.15, -0.1) is 0 Å². The minimum atomic E-state index is 0.0973. The lowest BCUT2D eigenvalue weighted by Gasteiger charge is -2.38. The van der Waals surface area contributed by atoms with Crippen LogP contribution < -0.4 is 4.90 Å². The summed E-state index contributed by atoms with van der Waals surface area (Å²) in [5.74, 6) is 0.0996. The lowest BCUT2D eigenvalue weighted by atomic mass is 9.85. The number of carbonyl (C=O) groups excluding carboxylic acids is 1. The summed E-state index contributed by atoms with van der Waals surface area (Å²) >= 11 is 0. The number of hydrogen-bond donors (Lipinski definition) is 0. The zero-order chi connectivity index (χ0) is 20.4. The van der Waals surface area contributed by atoms with E-state index in [0.29, 0.717) is 0 Å². The molecule has 1 amide bonds. The van der Waals surface area contributed by atoms with Gasteiger partial charge in [-0.2, -0.15) is 0 Å². The standard InChI is InChI=1S/C25H29N3O/c1-25(2,3)21-12-7-8-13-22(21)26-16-18-27(19-17-26)24(29)23-14-9-15-28(23)20-10-5-4-6-11-20/h4-15H,16-19H2,1-3H3. The summed E-state index contributed by atoms with van der Waals surface area (Å²) in [7, 11) is 0. The van der Waals surface area contributed by atoms with E-state index in [1.54, 1.807) is 0 Å². The predicted molar refractivity (Wildman–Crippen MR) is 119 cm³/mol.